The molecule has 134 valence electrons. The van der Waals surface area contributed by atoms with E-state index >= 15 is 0 Å². The van der Waals surface area contributed by atoms with Crippen LogP contribution in [0.5, 0.6) is 0 Å². The average Bonchev–Trinajstić information content (AvgIpc) is 2.67. The van der Waals surface area contributed by atoms with E-state index in [1.165, 1.54) is 5.56 Å². The molecule has 0 unspecified atom stereocenters. The van der Waals surface area contributed by atoms with Crippen molar-refractivity contribution in [1.82, 2.24) is 0 Å². The lowest BCUT2D eigenvalue weighted by molar-refractivity contribution is 0.587. The second-order valence-electron chi connectivity index (χ2n) is 7.42. The van der Waals surface area contributed by atoms with Crippen molar-refractivity contribution in [2.24, 2.45) is 0 Å². The first-order valence-electron chi connectivity index (χ1n) is 8.78. The number of rotatable bonds is 4. The van der Waals surface area contributed by atoms with Gasteiger partial charge in [0.15, 0.2) is 7.14 Å². The van der Waals surface area contributed by atoms with Crippen LogP contribution in [-0.2, 0) is 9.98 Å². The van der Waals surface area contributed by atoms with Crippen LogP contribution in [0.4, 0.5) is 0 Å². The Hall–Kier alpha value is -1.76. The zero-order valence-corrected chi connectivity index (χ0v) is 17.5. The van der Waals surface area contributed by atoms with Crippen molar-refractivity contribution in [3.05, 3.63) is 84.4 Å². The zero-order chi connectivity index (χ0) is 18.8. The Bertz CT molecular complexity index is 884. The fourth-order valence-corrected chi connectivity index (χ4v) is 6.99. The maximum absolute atomic E-state index is 14.5. The molecule has 0 atom stereocenters. The van der Waals surface area contributed by atoms with Gasteiger partial charge in [0.2, 0.25) is 0 Å². The van der Waals surface area contributed by atoms with Crippen LogP contribution in [0.15, 0.2) is 83.8 Å². The summed E-state index contributed by atoms with van der Waals surface area (Å²) in [5.74, 6) is 0. The maximum Gasteiger partial charge on any atom is 0.172 e. The topological polar surface area (TPSA) is 17.1 Å². The van der Waals surface area contributed by atoms with E-state index in [0.29, 0.717) is 0 Å². The minimum absolute atomic E-state index is 0.0620. The van der Waals surface area contributed by atoms with Gasteiger partial charge in [0.25, 0.3) is 0 Å². The van der Waals surface area contributed by atoms with Crippen molar-refractivity contribution in [2.45, 2.75) is 31.1 Å². The molecule has 0 radical (unpaired) electrons. The molecule has 26 heavy (non-hydrogen) atoms. The van der Waals surface area contributed by atoms with Crippen LogP contribution in [0.1, 0.15) is 26.3 Å². The SMILES string of the molecule is CSc1cc(C(C)(C)C)ccc1P(=O)(c1ccccc1)c1ccccc1. The summed E-state index contributed by atoms with van der Waals surface area (Å²) in [6.45, 7) is 6.63. The predicted molar refractivity (Wildman–Crippen MR) is 116 cm³/mol. The van der Waals surface area contributed by atoms with Crippen molar-refractivity contribution in [3.63, 3.8) is 0 Å². The van der Waals surface area contributed by atoms with Crippen LogP contribution in [0, 0.1) is 0 Å². The van der Waals surface area contributed by atoms with E-state index in [-0.39, 0.29) is 5.41 Å². The summed E-state index contributed by atoms with van der Waals surface area (Å²) in [7, 11) is -2.92. The first-order valence-corrected chi connectivity index (χ1v) is 11.7. The highest BCUT2D eigenvalue weighted by Gasteiger charge is 2.32. The Morgan fingerprint density at radius 3 is 1.69 bits per heavy atom. The smallest absolute Gasteiger partial charge is 0.172 e. The third kappa shape index (κ3) is 3.54. The summed E-state index contributed by atoms with van der Waals surface area (Å²) in [6.07, 6.45) is 2.06. The molecule has 0 N–H and O–H groups in total. The van der Waals surface area contributed by atoms with Crippen LogP contribution < -0.4 is 15.9 Å². The third-order valence-corrected chi connectivity index (χ3v) is 8.67. The quantitative estimate of drug-likeness (QED) is 0.449. The summed E-state index contributed by atoms with van der Waals surface area (Å²) in [6, 6.07) is 26.1. The highest BCUT2D eigenvalue weighted by Crippen LogP contribution is 2.45. The van der Waals surface area contributed by atoms with Crippen molar-refractivity contribution >= 4 is 34.8 Å². The number of hydrogen-bond donors (Lipinski definition) is 0. The monoisotopic (exact) mass is 380 g/mol. The molecule has 0 fully saturated rings. The first-order chi connectivity index (χ1) is 12.4. The van der Waals surface area contributed by atoms with Crippen LogP contribution in [0.25, 0.3) is 0 Å². The average molecular weight is 380 g/mol. The van der Waals surface area contributed by atoms with Gasteiger partial charge in [0.05, 0.1) is 0 Å². The fourth-order valence-electron chi connectivity index (χ4n) is 3.11. The molecule has 0 aromatic heterocycles. The Balaban J connectivity index is 2.29. The van der Waals surface area contributed by atoms with Crippen molar-refractivity contribution in [2.75, 3.05) is 6.26 Å². The van der Waals surface area contributed by atoms with E-state index in [1.54, 1.807) is 11.8 Å². The number of hydrogen-bond acceptors (Lipinski definition) is 2. The molecule has 1 nitrogen and oxygen atoms in total. The molecule has 0 saturated carbocycles. The zero-order valence-electron chi connectivity index (χ0n) is 15.8. The lowest BCUT2D eigenvalue weighted by Gasteiger charge is -2.25. The van der Waals surface area contributed by atoms with Crippen LogP contribution >= 0.6 is 18.9 Å². The Morgan fingerprint density at radius 1 is 0.769 bits per heavy atom. The molecule has 0 saturated heterocycles. The van der Waals surface area contributed by atoms with E-state index in [0.717, 1.165) is 20.8 Å². The summed E-state index contributed by atoms with van der Waals surface area (Å²) in [5, 5.41) is 2.69. The highest BCUT2D eigenvalue weighted by molar-refractivity contribution is 7.99. The normalized spacial score (nSPS) is 12.2. The molecule has 0 amide bonds. The maximum atomic E-state index is 14.5. The predicted octanol–water partition coefficient (Wildman–Crippen LogP) is 5.35. The molecular weight excluding hydrogens is 355 g/mol. The number of thioether (sulfide) groups is 1. The van der Waals surface area contributed by atoms with Gasteiger partial charge in [-0.1, -0.05) is 87.5 Å². The second kappa shape index (κ2) is 7.47. The van der Waals surface area contributed by atoms with Crippen molar-refractivity contribution in [3.8, 4) is 0 Å². The Labute approximate surface area is 161 Å². The van der Waals surface area contributed by atoms with Crippen LogP contribution in [0.2, 0.25) is 0 Å². The molecule has 3 heteroatoms. The van der Waals surface area contributed by atoms with E-state index in [2.05, 4.69) is 45.2 Å². The highest BCUT2D eigenvalue weighted by atomic mass is 32.2. The van der Waals surface area contributed by atoms with Crippen molar-refractivity contribution in [1.29, 1.82) is 0 Å². The Morgan fingerprint density at radius 2 is 1.27 bits per heavy atom. The minimum Gasteiger partial charge on any atom is -0.309 e. The largest absolute Gasteiger partial charge is 0.309 e. The fraction of sp³-hybridized carbons (Fsp3) is 0.217. The Kier molecular flexibility index (Phi) is 5.46. The summed E-state index contributed by atoms with van der Waals surface area (Å²) < 4.78 is 14.5. The van der Waals surface area contributed by atoms with Gasteiger partial charge in [0, 0.05) is 20.8 Å². The van der Waals surface area contributed by atoms with Gasteiger partial charge in [0.1, 0.15) is 0 Å². The lowest BCUT2D eigenvalue weighted by Crippen LogP contribution is -2.27. The molecule has 3 aromatic carbocycles. The van der Waals surface area contributed by atoms with Gasteiger partial charge in [-0.25, -0.2) is 0 Å². The second-order valence-corrected chi connectivity index (χ2v) is 11.0. The molecule has 0 spiro atoms. The van der Waals surface area contributed by atoms with E-state index in [9.17, 15) is 4.57 Å². The first kappa shape index (κ1) is 19.0. The molecule has 0 aliphatic carbocycles. The van der Waals surface area contributed by atoms with Crippen molar-refractivity contribution < 1.29 is 4.57 Å². The molecule has 0 aliphatic heterocycles. The van der Waals surface area contributed by atoms with E-state index in [1.807, 2.05) is 60.7 Å². The summed E-state index contributed by atoms with van der Waals surface area (Å²) in [4.78, 5) is 1.09. The van der Waals surface area contributed by atoms with Gasteiger partial charge in [-0.05, 0) is 29.4 Å². The minimum atomic E-state index is -2.92. The molecule has 0 bridgehead atoms. The molecule has 0 heterocycles. The molecule has 3 rings (SSSR count). The van der Waals surface area contributed by atoms with Crippen LogP contribution in [-0.4, -0.2) is 6.26 Å². The standard InChI is InChI=1S/C23H25OPS/c1-23(2,3)18-15-16-21(22(17-18)26-4)25(24,19-11-7-5-8-12-19)20-13-9-6-10-14-20/h5-17H,1-4H3. The van der Waals surface area contributed by atoms with Gasteiger partial charge in [-0.15, -0.1) is 11.8 Å². The lowest BCUT2D eigenvalue weighted by atomic mass is 9.87. The molecule has 3 aromatic rings. The van der Waals surface area contributed by atoms with Gasteiger partial charge in [-0.3, -0.25) is 0 Å². The summed E-state index contributed by atoms with van der Waals surface area (Å²) in [5.41, 5.74) is 1.32. The van der Waals surface area contributed by atoms with Gasteiger partial charge < -0.3 is 4.57 Å². The molecule has 0 aliphatic rings. The number of benzene rings is 3. The summed E-state index contributed by atoms with van der Waals surface area (Å²) >= 11 is 1.67. The van der Waals surface area contributed by atoms with E-state index in [4.69, 9.17) is 0 Å². The third-order valence-electron chi connectivity index (χ3n) is 4.62. The molecular formula is C23H25OPS. The van der Waals surface area contributed by atoms with Gasteiger partial charge in [-0.2, -0.15) is 0 Å². The van der Waals surface area contributed by atoms with Gasteiger partial charge >= 0.3 is 0 Å². The van der Waals surface area contributed by atoms with Crippen LogP contribution in [0.3, 0.4) is 0 Å². The van der Waals surface area contributed by atoms with E-state index < -0.39 is 7.14 Å².